The van der Waals surface area contributed by atoms with Gasteiger partial charge in [0.2, 0.25) is 41.4 Å². The Bertz CT molecular complexity index is 1220. The average molecular weight is 742 g/mol. The highest BCUT2D eigenvalue weighted by atomic mass is 16.4. The number of nitrogens with one attached hydrogen (secondary N) is 7. The van der Waals surface area contributed by atoms with Crippen LogP contribution in [0.5, 0.6) is 0 Å². The van der Waals surface area contributed by atoms with E-state index in [-0.39, 0.29) is 12.5 Å². The van der Waals surface area contributed by atoms with Crippen molar-refractivity contribution in [3.8, 4) is 0 Å². The van der Waals surface area contributed by atoms with Crippen molar-refractivity contribution in [2.45, 2.75) is 135 Å². The molecule has 19 nitrogen and oxygen atoms in total. The van der Waals surface area contributed by atoms with Crippen molar-refractivity contribution >= 4 is 53.3 Å². The van der Waals surface area contributed by atoms with E-state index in [9.17, 15) is 58.5 Å². The molecule has 0 spiro atoms. The monoisotopic (exact) mass is 741 g/mol. The van der Waals surface area contributed by atoms with Crippen molar-refractivity contribution in [1.29, 1.82) is 0 Å². The number of carbonyl (C=O) groups is 9. The molecule has 0 saturated heterocycles. The van der Waals surface area contributed by atoms with Crippen LogP contribution in [0.3, 0.4) is 0 Å². The van der Waals surface area contributed by atoms with Crippen LogP contribution in [0.15, 0.2) is 0 Å². The largest absolute Gasteiger partial charge is 0.550 e. The lowest BCUT2D eigenvalue weighted by molar-refractivity contribution is -0.310. The number of aliphatic hydroxyl groups excluding tert-OH is 1. The predicted molar refractivity (Wildman–Crippen MR) is 181 cm³/mol. The van der Waals surface area contributed by atoms with Crippen LogP contribution in [0.1, 0.15) is 105 Å². The first-order valence-electron chi connectivity index (χ1n) is 17.6. The van der Waals surface area contributed by atoms with E-state index in [2.05, 4.69) is 38.8 Å². The predicted octanol–water partition coefficient (Wildman–Crippen LogP) is -4.10. The Labute approximate surface area is 303 Å². The number of amides is 7. The summed E-state index contributed by atoms with van der Waals surface area (Å²) in [5.41, 5.74) is 0. The van der Waals surface area contributed by atoms with Gasteiger partial charge in [0.1, 0.15) is 24.2 Å². The molecule has 19 heteroatoms. The summed E-state index contributed by atoms with van der Waals surface area (Å²) in [6, 6.07) is -6.99. The maximum Gasteiger partial charge on any atom is 0.245 e. The fraction of sp³-hybridized carbons (Fsp3) is 0.727. The van der Waals surface area contributed by atoms with Gasteiger partial charge < -0.3 is 62.1 Å². The van der Waals surface area contributed by atoms with E-state index >= 15 is 0 Å². The molecule has 0 heterocycles. The fourth-order valence-corrected chi connectivity index (χ4v) is 4.58. The second-order valence-electron chi connectivity index (χ2n) is 12.4. The second kappa shape index (κ2) is 26.9. The second-order valence-corrected chi connectivity index (χ2v) is 12.4. The first-order chi connectivity index (χ1) is 24.5. The molecular formula is C33H55N7O12-2. The van der Waals surface area contributed by atoms with Gasteiger partial charge in [0.25, 0.3) is 0 Å². The maximum atomic E-state index is 12.6. The van der Waals surface area contributed by atoms with Gasteiger partial charge in [0.05, 0.1) is 31.7 Å². The molecule has 0 bridgehead atoms. The Morgan fingerprint density at radius 2 is 0.981 bits per heavy atom. The van der Waals surface area contributed by atoms with Crippen LogP contribution in [0.25, 0.3) is 0 Å². The molecule has 7 amide bonds. The molecule has 8 N–H and O–H groups in total. The Balaban J connectivity index is 4.52. The van der Waals surface area contributed by atoms with Crippen LogP contribution in [0, 0.1) is 0 Å². The average Bonchev–Trinajstić information content (AvgIpc) is 3.08. The minimum atomic E-state index is -1.76. The van der Waals surface area contributed by atoms with Crippen molar-refractivity contribution in [1.82, 2.24) is 37.2 Å². The van der Waals surface area contributed by atoms with Gasteiger partial charge in [0, 0.05) is 12.4 Å². The van der Waals surface area contributed by atoms with Gasteiger partial charge in [-0.1, -0.05) is 58.3 Å². The lowest BCUT2D eigenvalue weighted by atomic mass is 10.1. The highest BCUT2D eigenvalue weighted by molar-refractivity contribution is 5.96. The van der Waals surface area contributed by atoms with E-state index in [1.165, 1.54) is 46.0 Å². The molecule has 0 saturated carbocycles. The number of unbranched alkanes of at least 4 members (excludes halogenated alkanes) is 8. The molecule has 0 aromatic heterocycles. The molecule has 0 aliphatic heterocycles. The third-order valence-corrected chi connectivity index (χ3v) is 7.72. The molecule has 5 atom stereocenters. The Morgan fingerprint density at radius 1 is 0.519 bits per heavy atom. The lowest BCUT2D eigenvalue weighted by Gasteiger charge is -2.24. The van der Waals surface area contributed by atoms with Crippen LogP contribution in [0.4, 0.5) is 0 Å². The molecule has 0 aromatic rings. The van der Waals surface area contributed by atoms with Crippen LogP contribution in [-0.4, -0.2) is 108 Å². The first-order valence-corrected chi connectivity index (χ1v) is 17.6. The summed E-state index contributed by atoms with van der Waals surface area (Å²) >= 11 is 0. The molecule has 296 valence electrons. The smallest absolute Gasteiger partial charge is 0.245 e. The zero-order valence-corrected chi connectivity index (χ0v) is 30.4. The number of rotatable bonds is 28. The summed E-state index contributed by atoms with van der Waals surface area (Å²) in [4.78, 5) is 108. The molecule has 0 aromatic carbocycles. The summed E-state index contributed by atoms with van der Waals surface area (Å²) < 4.78 is 0. The van der Waals surface area contributed by atoms with E-state index in [0.29, 0.717) is 6.42 Å². The van der Waals surface area contributed by atoms with Gasteiger partial charge in [-0.15, -0.1) is 0 Å². The minimum Gasteiger partial charge on any atom is -0.550 e. The van der Waals surface area contributed by atoms with E-state index < -0.39 is 104 Å². The van der Waals surface area contributed by atoms with Gasteiger partial charge in [-0.05, 0) is 40.0 Å². The van der Waals surface area contributed by atoms with E-state index in [0.717, 1.165) is 32.6 Å². The SMILES string of the molecule is CCCCCCCCCCCC(=O)NCC(=O)N[C@@H](C)C(=O)NCC(=O)N[C@@H](C)C(=O)N[C@@H](CO)C(=O)N[C@@H](C)C(=O)N[C@@H](CCC(=O)[O-])C(=O)[O-]. The van der Waals surface area contributed by atoms with Gasteiger partial charge in [-0.2, -0.15) is 0 Å². The molecule has 52 heavy (non-hydrogen) atoms. The number of hydrogen-bond acceptors (Lipinski definition) is 12. The zero-order chi connectivity index (χ0) is 39.6. The molecule has 0 unspecified atom stereocenters. The van der Waals surface area contributed by atoms with Crippen LogP contribution >= 0.6 is 0 Å². The Morgan fingerprint density at radius 3 is 1.48 bits per heavy atom. The van der Waals surface area contributed by atoms with Crippen LogP contribution < -0.4 is 47.4 Å². The number of carboxylic acid groups (broad SMARTS) is 2. The quantitative estimate of drug-likeness (QED) is 0.0355. The summed E-state index contributed by atoms with van der Waals surface area (Å²) in [6.07, 6.45) is 9.06. The van der Waals surface area contributed by atoms with Gasteiger partial charge in [0.15, 0.2) is 0 Å². The fourth-order valence-electron chi connectivity index (χ4n) is 4.58. The minimum absolute atomic E-state index is 0.272. The topological polar surface area (TPSA) is 304 Å². The Kier molecular flexibility index (Phi) is 24.4. The zero-order valence-electron chi connectivity index (χ0n) is 30.4. The van der Waals surface area contributed by atoms with Crippen molar-refractivity contribution in [3.63, 3.8) is 0 Å². The van der Waals surface area contributed by atoms with Crippen molar-refractivity contribution in [2.75, 3.05) is 19.7 Å². The van der Waals surface area contributed by atoms with E-state index in [1.54, 1.807) is 0 Å². The summed E-state index contributed by atoms with van der Waals surface area (Å²) in [5, 5.41) is 47.2. The van der Waals surface area contributed by atoms with Gasteiger partial charge >= 0.3 is 0 Å². The highest BCUT2D eigenvalue weighted by Gasteiger charge is 2.27. The van der Waals surface area contributed by atoms with Crippen LogP contribution in [-0.2, 0) is 43.2 Å². The van der Waals surface area contributed by atoms with Crippen molar-refractivity contribution in [2.24, 2.45) is 0 Å². The highest BCUT2D eigenvalue weighted by Crippen LogP contribution is 2.10. The van der Waals surface area contributed by atoms with Gasteiger partial charge in [-0.3, -0.25) is 33.6 Å². The maximum absolute atomic E-state index is 12.6. The third kappa shape index (κ3) is 22.1. The number of hydrogen-bond donors (Lipinski definition) is 8. The van der Waals surface area contributed by atoms with Crippen molar-refractivity contribution < 1.29 is 58.5 Å². The molecular weight excluding hydrogens is 686 g/mol. The molecule has 0 rings (SSSR count). The van der Waals surface area contributed by atoms with Crippen LogP contribution in [0.2, 0.25) is 0 Å². The molecule has 0 aliphatic rings. The summed E-state index contributed by atoms with van der Waals surface area (Å²) in [6.45, 7) is 4.12. The lowest BCUT2D eigenvalue weighted by Crippen LogP contribution is -2.58. The first kappa shape index (κ1) is 47.2. The standard InChI is InChI=1S/C33H57N7O12/c1-5-6-7-8-9-10-11-12-13-14-25(42)34-17-26(43)36-20(2)29(47)35-18-27(44)37-21(3)30(48)40-24(19-41)32(50)38-22(4)31(49)39-23(33(51)52)15-16-28(45)46/h20-24,41H,5-19H2,1-4H3,(H,34,42)(H,35,47)(H,36,43)(H,37,44)(H,38,50)(H,39,49)(H,40,48)(H,45,46)(H,51,52)/p-2/t20-,21-,22-,23-,24-/m0/s1. The normalized spacial score (nSPS) is 13.6. The number of aliphatic hydroxyl groups is 1. The van der Waals surface area contributed by atoms with Gasteiger partial charge in [-0.25, -0.2) is 0 Å². The molecule has 0 radical (unpaired) electrons. The van der Waals surface area contributed by atoms with E-state index in [1.807, 2.05) is 5.32 Å². The molecule has 0 aliphatic carbocycles. The number of carbonyl (C=O) groups excluding carboxylic acids is 9. The molecule has 0 fully saturated rings. The number of carboxylic acids is 2. The van der Waals surface area contributed by atoms with E-state index in [4.69, 9.17) is 0 Å². The Hall–Kier alpha value is -4.81. The third-order valence-electron chi connectivity index (χ3n) is 7.72. The summed E-state index contributed by atoms with van der Waals surface area (Å²) in [7, 11) is 0. The summed E-state index contributed by atoms with van der Waals surface area (Å²) in [5.74, 6) is -8.71. The van der Waals surface area contributed by atoms with Crippen molar-refractivity contribution in [3.05, 3.63) is 0 Å². The number of aliphatic carboxylic acids is 2.